The zero-order valence-corrected chi connectivity index (χ0v) is 7.63. The Kier molecular flexibility index (Phi) is 3.38. The van der Waals surface area contributed by atoms with Crippen molar-refractivity contribution in [1.82, 2.24) is 0 Å². The van der Waals surface area contributed by atoms with Crippen LogP contribution in [0, 0.1) is 0 Å². The average Bonchev–Trinajstić information content (AvgIpc) is 2.26. The summed E-state index contributed by atoms with van der Waals surface area (Å²) >= 11 is 0. The highest BCUT2D eigenvalue weighted by molar-refractivity contribution is 5.74. The maximum absolute atomic E-state index is 12.4. The Bertz CT molecular complexity index is 315. The van der Waals surface area contributed by atoms with Crippen LogP contribution in [-0.4, -0.2) is 6.21 Å². The van der Waals surface area contributed by atoms with Gasteiger partial charge in [-0.25, -0.2) is 4.39 Å². The quantitative estimate of drug-likeness (QED) is 0.582. The van der Waals surface area contributed by atoms with E-state index in [1.54, 1.807) is 12.3 Å². The zero-order chi connectivity index (χ0) is 9.68. The highest BCUT2D eigenvalue weighted by Gasteiger charge is 1.97. The minimum Gasteiger partial charge on any atom is -0.261 e. The Morgan fingerprint density at radius 2 is 2.46 bits per heavy atom. The van der Waals surface area contributed by atoms with Gasteiger partial charge in [-0.2, -0.15) is 0 Å². The van der Waals surface area contributed by atoms with Crippen LogP contribution in [0.15, 0.2) is 53.0 Å². The highest BCUT2D eigenvalue weighted by atomic mass is 19.1. The maximum Gasteiger partial charge on any atom is 0.0969 e. The molecular formula is C11H12FN. The molecule has 68 valence electrons. The molecule has 1 heterocycles. The van der Waals surface area contributed by atoms with Crippen molar-refractivity contribution in [2.45, 2.75) is 13.3 Å². The summed E-state index contributed by atoms with van der Waals surface area (Å²) in [6.07, 6.45) is 9.17. The molecule has 1 aliphatic heterocycles. The Morgan fingerprint density at radius 3 is 3.15 bits per heavy atom. The van der Waals surface area contributed by atoms with Crippen molar-refractivity contribution in [3.8, 4) is 0 Å². The van der Waals surface area contributed by atoms with Gasteiger partial charge in [-0.3, -0.25) is 4.99 Å². The molecule has 1 rings (SSSR count). The summed E-state index contributed by atoms with van der Waals surface area (Å²) in [4.78, 5) is 4.12. The van der Waals surface area contributed by atoms with Gasteiger partial charge < -0.3 is 0 Å². The van der Waals surface area contributed by atoms with E-state index in [1.165, 1.54) is 13.0 Å². The molecular weight excluding hydrogens is 165 g/mol. The molecule has 0 aromatic carbocycles. The molecule has 0 bridgehead atoms. The fourth-order valence-corrected chi connectivity index (χ4v) is 0.968. The summed E-state index contributed by atoms with van der Waals surface area (Å²) in [7, 11) is 0. The van der Waals surface area contributed by atoms with Crippen LogP contribution in [0.3, 0.4) is 0 Å². The Hall–Kier alpha value is -1.44. The number of allylic oxidation sites excluding steroid dienone is 6. The molecule has 0 unspecified atom stereocenters. The molecule has 1 nitrogen and oxygen atoms in total. The van der Waals surface area contributed by atoms with Crippen molar-refractivity contribution in [1.29, 1.82) is 0 Å². The molecule has 0 aromatic heterocycles. The second-order valence-electron chi connectivity index (χ2n) is 2.88. The molecule has 0 spiro atoms. The van der Waals surface area contributed by atoms with E-state index < -0.39 is 0 Å². The van der Waals surface area contributed by atoms with Crippen molar-refractivity contribution in [2.24, 2.45) is 4.99 Å². The molecule has 1 aliphatic rings. The van der Waals surface area contributed by atoms with Gasteiger partial charge in [0.2, 0.25) is 0 Å². The molecule has 0 N–H and O–H groups in total. The van der Waals surface area contributed by atoms with Crippen LogP contribution in [0.5, 0.6) is 0 Å². The third-order valence-corrected chi connectivity index (χ3v) is 1.57. The maximum atomic E-state index is 12.4. The lowest BCUT2D eigenvalue weighted by Gasteiger charge is -1.97. The summed E-state index contributed by atoms with van der Waals surface area (Å²) in [6.45, 7) is 5.24. The van der Waals surface area contributed by atoms with Crippen LogP contribution >= 0.6 is 0 Å². The topological polar surface area (TPSA) is 12.4 Å². The normalized spacial score (nSPS) is 20.9. The third kappa shape index (κ3) is 3.65. The SMILES string of the molecule is C=C1C=CC=N/C(=C/C=C(\C)F)C1. The van der Waals surface area contributed by atoms with Crippen molar-refractivity contribution >= 4 is 6.21 Å². The summed E-state index contributed by atoms with van der Waals surface area (Å²) in [5.41, 5.74) is 1.81. The molecule has 0 saturated carbocycles. The minimum atomic E-state index is -0.217. The lowest BCUT2D eigenvalue weighted by atomic mass is 10.1. The number of nitrogens with zero attached hydrogens (tertiary/aromatic N) is 1. The summed E-state index contributed by atoms with van der Waals surface area (Å²) < 4.78 is 12.4. The minimum absolute atomic E-state index is 0.217. The largest absolute Gasteiger partial charge is 0.261 e. The van der Waals surface area contributed by atoms with Crippen LogP contribution < -0.4 is 0 Å². The fourth-order valence-electron chi connectivity index (χ4n) is 0.968. The van der Waals surface area contributed by atoms with E-state index in [0.29, 0.717) is 6.42 Å². The lowest BCUT2D eigenvalue weighted by molar-refractivity contribution is 0.640. The second kappa shape index (κ2) is 4.55. The van der Waals surface area contributed by atoms with Crippen molar-refractivity contribution < 1.29 is 4.39 Å². The first-order valence-corrected chi connectivity index (χ1v) is 4.10. The van der Waals surface area contributed by atoms with E-state index in [0.717, 1.165) is 11.3 Å². The molecule has 2 heteroatoms. The second-order valence-corrected chi connectivity index (χ2v) is 2.88. The van der Waals surface area contributed by atoms with E-state index in [2.05, 4.69) is 11.6 Å². The predicted molar refractivity (Wildman–Crippen MR) is 54.3 cm³/mol. The van der Waals surface area contributed by atoms with E-state index in [4.69, 9.17) is 0 Å². The third-order valence-electron chi connectivity index (χ3n) is 1.57. The number of aliphatic imine (C=N–C) groups is 1. The van der Waals surface area contributed by atoms with E-state index in [1.807, 2.05) is 12.2 Å². The fraction of sp³-hybridized carbons (Fsp3) is 0.182. The van der Waals surface area contributed by atoms with Gasteiger partial charge in [0.05, 0.1) is 5.83 Å². The smallest absolute Gasteiger partial charge is 0.0969 e. The van der Waals surface area contributed by atoms with Gasteiger partial charge in [0.15, 0.2) is 0 Å². The standard InChI is InChI=1S/C11H12FN/c1-9-4-3-7-13-11(8-9)6-5-10(2)12/h3-7H,1,8H2,2H3/b10-5+,11-6+. The molecule has 0 aromatic rings. The van der Waals surface area contributed by atoms with Gasteiger partial charge in [-0.15, -0.1) is 0 Å². The molecule has 0 fully saturated rings. The van der Waals surface area contributed by atoms with E-state index in [-0.39, 0.29) is 5.83 Å². The van der Waals surface area contributed by atoms with E-state index in [9.17, 15) is 4.39 Å². The van der Waals surface area contributed by atoms with Crippen LogP contribution in [0.1, 0.15) is 13.3 Å². The first-order chi connectivity index (χ1) is 6.18. The summed E-state index contributed by atoms with van der Waals surface area (Å²) in [6, 6.07) is 0. The monoisotopic (exact) mass is 177 g/mol. The summed E-state index contributed by atoms with van der Waals surface area (Å²) in [5, 5.41) is 0. The number of hydrogen-bond acceptors (Lipinski definition) is 1. The first kappa shape index (κ1) is 9.65. The molecule has 0 radical (unpaired) electrons. The van der Waals surface area contributed by atoms with Gasteiger partial charge in [-0.1, -0.05) is 12.7 Å². The predicted octanol–water partition coefficient (Wildman–Crippen LogP) is 3.33. The Morgan fingerprint density at radius 1 is 1.69 bits per heavy atom. The Labute approximate surface area is 77.7 Å². The first-order valence-electron chi connectivity index (χ1n) is 4.10. The lowest BCUT2D eigenvalue weighted by Crippen LogP contribution is -1.79. The molecule has 0 atom stereocenters. The van der Waals surface area contributed by atoms with Gasteiger partial charge in [0.1, 0.15) is 0 Å². The van der Waals surface area contributed by atoms with Crippen molar-refractivity contribution in [3.05, 3.63) is 48.0 Å². The Balaban J connectivity index is 2.77. The van der Waals surface area contributed by atoms with Gasteiger partial charge in [0.25, 0.3) is 0 Å². The zero-order valence-electron chi connectivity index (χ0n) is 7.63. The highest BCUT2D eigenvalue weighted by Crippen LogP contribution is 2.14. The molecule has 13 heavy (non-hydrogen) atoms. The number of halogens is 1. The number of hydrogen-bond donors (Lipinski definition) is 0. The average molecular weight is 177 g/mol. The van der Waals surface area contributed by atoms with Gasteiger partial charge in [-0.05, 0) is 30.7 Å². The van der Waals surface area contributed by atoms with Crippen LogP contribution in [0.4, 0.5) is 4.39 Å². The van der Waals surface area contributed by atoms with E-state index >= 15 is 0 Å². The number of rotatable bonds is 1. The van der Waals surface area contributed by atoms with Gasteiger partial charge >= 0.3 is 0 Å². The van der Waals surface area contributed by atoms with Crippen LogP contribution in [-0.2, 0) is 0 Å². The van der Waals surface area contributed by atoms with Crippen molar-refractivity contribution in [3.63, 3.8) is 0 Å². The van der Waals surface area contributed by atoms with Crippen LogP contribution in [0.25, 0.3) is 0 Å². The molecule has 0 saturated heterocycles. The van der Waals surface area contributed by atoms with Gasteiger partial charge in [0, 0.05) is 18.3 Å². The molecule has 0 aliphatic carbocycles. The summed E-state index contributed by atoms with van der Waals surface area (Å²) in [5.74, 6) is -0.217. The van der Waals surface area contributed by atoms with Crippen molar-refractivity contribution in [2.75, 3.05) is 0 Å². The van der Waals surface area contributed by atoms with Crippen LogP contribution in [0.2, 0.25) is 0 Å². The molecule has 0 amide bonds.